The number of fused-ring (bicyclic) bond motifs is 2. The maximum absolute atomic E-state index is 5.50. The van der Waals surface area contributed by atoms with Crippen molar-refractivity contribution >= 4 is 0 Å². The number of epoxide rings is 1. The summed E-state index contributed by atoms with van der Waals surface area (Å²) in [5.41, 5.74) is 1.55. The van der Waals surface area contributed by atoms with Gasteiger partial charge in [-0.15, -0.1) is 0 Å². The van der Waals surface area contributed by atoms with Crippen molar-refractivity contribution < 1.29 is 4.74 Å². The summed E-state index contributed by atoms with van der Waals surface area (Å²) < 4.78 is 7.82. The average Bonchev–Trinajstić information content (AvgIpc) is 2.63. The highest BCUT2D eigenvalue weighted by Gasteiger charge is 2.49. The minimum Gasteiger partial charge on any atom is -0.363 e. The molecule has 0 amide bonds. The standard InChI is InChI=1S/C9H11NO/c1-3-8-9(7-11-9)4-2-6-10(8)5-1/h1,3,5H,2,4,6-7H2. The van der Waals surface area contributed by atoms with E-state index in [0.29, 0.717) is 0 Å². The Balaban J connectivity index is 2.16. The monoisotopic (exact) mass is 149 g/mol. The van der Waals surface area contributed by atoms with Crippen LogP contribution in [0.5, 0.6) is 0 Å². The molecule has 3 rings (SSSR count). The summed E-state index contributed by atoms with van der Waals surface area (Å²) in [6.45, 7) is 2.12. The Kier molecular flexibility index (Phi) is 0.899. The van der Waals surface area contributed by atoms with E-state index in [-0.39, 0.29) is 5.60 Å². The smallest absolute Gasteiger partial charge is 0.131 e. The van der Waals surface area contributed by atoms with Gasteiger partial charge in [0.25, 0.3) is 0 Å². The summed E-state index contributed by atoms with van der Waals surface area (Å²) >= 11 is 0. The summed E-state index contributed by atoms with van der Waals surface area (Å²) in [5, 5.41) is 0. The van der Waals surface area contributed by atoms with Crippen LogP contribution < -0.4 is 0 Å². The molecule has 0 aliphatic carbocycles. The molecular weight excluding hydrogens is 138 g/mol. The Labute approximate surface area is 65.8 Å². The van der Waals surface area contributed by atoms with Gasteiger partial charge in [0.05, 0.1) is 12.3 Å². The van der Waals surface area contributed by atoms with Crippen LogP contribution in [0.4, 0.5) is 0 Å². The van der Waals surface area contributed by atoms with E-state index in [1.165, 1.54) is 25.1 Å². The fraction of sp³-hybridized carbons (Fsp3) is 0.556. The lowest BCUT2D eigenvalue weighted by atomic mass is 9.97. The first-order valence-electron chi connectivity index (χ1n) is 4.20. The molecule has 1 spiro atoms. The SMILES string of the molecule is c1cc2n(c1)CCCC21CO1. The Morgan fingerprint density at radius 2 is 2.45 bits per heavy atom. The molecule has 0 aromatic carbocycles. The normalized spacial score (nSPS) is 33.8. The molecule has 0 N–H and O–H groups in total. The third-order valence-corrected chi connectivity index (χ3v) is 2.77. The van der Waals surface area contributed by atoms with Crippen molar-refractivity contribution in [3.63, 3.8) is 0 Å². The molecule has 1 unspecified atom stereocenters. The average molecular weight is 149 g/mol. The van der Waals surface area contributed by atoms with Gasteiger partial charge in [0.1, 0.15) is 5.60 Å². The summed E-state index contributed by atoms with van der Waals surface area (Å²) in [5.74, 6) is 0. The molecule has 0 bridgehead atoms. The maximum atomic E-state index is 5.50. The molecule has 0 radical (unpaired) electrons. The quantitative estimate of drug-likeness (QED) is 0.511. The number of hydrogen-bond acceptors (Lipinski definition) is 1. The molecule has 58 valence electrons. The van der Waals surface area contributed by atoms with Gasteiger partial charge in [0, 0.05) is 12.7 Å². The van der Waals surface area contributed by atoms with Gasteiger partial charge in [0.2, 0.25) is 0 Å². The van der Waals surface area contributed by atoms with Gasteiger partial charge in [0.15, 0.2) is 0 Å². The van der Waals surface area contributed by atoms with Crippen molar-refractivity contribution in [3.05, 3.63) is 24.0 Å². The van der Waals surface area contributed by atoms with Gasteiger partial charge in [-0.2, -0.15) is 0 Å². The van der Waals surface area contributed by atoms with Crippen LogP contribution in [-0.4, -0.2) is 11.2 Å². The Morgan fingerprint density at radius 1 is 1.55 bits per heavy atom. The summed E-state index contributed by atoms with van der Waals surface area (Å²) in [6.07, 6.45) is 4.64. The summed E-state index contributed by atoms with van der Waals surface area (Å²) in [7, 11) is 0. The third kappa shape index (κ3) is 0.653. The van der Waals surface area contributed by atoms with Crippen molar-refractivity contribution in [2.45, 2.75) is 25.0 Å². The van der Waals surface area contributed by atoms with Crippen LogP contribution in [-0.2, 0) is 16.9 Å². The van der Waals surface area contributed by atoms with E-state index in [1.807, 2.05) is 0 Å². The molecule has 1 saturated heterocycles. The van der Waals surface area contributed by atoms with Crippen LogP contribution in [0.25, 0.3) is 0 Å². The van der Waals surface area contributed by atoms with Gasteiger partial charge in [-0.05, 0) is 25.0 Å². The van der Waals surface area contributed by atoms with Crippen molar-refractivity contribution in [3.8, 4) is 0 Å². The fourth-order valence-corrected chi connectivity index (χ4v) is 2.07. The van der Waals surface area contributed by atoms with E-state index in [1.54, 1.807) is 0 Å². The van der Waals surface area contributed by atoms with E-state index in [0.717, 1.165) is 6.61 Å². The highest BCUT2D eigenvalue weighted by atomic mass is 16.6. The zero-order valence-electron chi connectivity index (χ0n) is 6.42. The lowest BCUT2D eigenvalue weighted by molar-refractivity contribution is 0.250. The Morgan fingerprint density at radius 3 is 3.27 bits per heavy atom. The molecule has 2 aliphatic heterocycles. The molecule has 2 aliphatic rings. The molecule has 1 fully saturated rings. The van der Waals surface area contributed by atoms with Crippen LogP contribution in [0.15, 0.2) is 18.3 Å². The third-order valence-electron chi connectivity index (χ3n) is 2.77. The van der Waals surface area contributed by atoms with Crippen LogP contribution >= 0.6 is 0 Å². The highest BCUT2D eigenvalue weighted by Crippen LogP contribution is 2.45. The van der Waals surface area contributed by atoms with E-state index < -0.39 is 0 Å². The van der Waals surface area contributed by atoms with Gasteiger partial charge in [-0.1, -0.05) is 0 Å². The first-order valence-corrected chi connectivity index (χ1v) is 4.20. The molecule has 3 heterocycles. The largest absolute Gasteiger partial charge is 0.363 e. The van der Waals surface area contributed by atoms with Crippen LogP contribution in [0.2, 0.25) is 0 Å². The van der Waals surface area contributed by atoms with Crippen LogP contribution in [0, 0.1) is 0 Å². The van der Waals surface area contributed by atoms with Crippen LogP contribution in [0.3, 0.4) is 0 Å². The van der Waals surface area contributed by atoms with Crippen molar-refractivity contribution in [2.24, 2.45) is 0 Å². The molecule has 1 aromatic heterocycles. The van der Waals surface area contributed by atoms with Crippen molar-refractivity contribution in [2.75, 3.05) is 6.61 Å². The number of aryl methyl sites for hydroxylation is 1. The van der Waals surface area contributed by atoms with Crippen LogP contribution in [0.1, 0.15) is 18.5 Å². The lowest BCUT2D eigenvalue weighted by Gasteiger charge is -2.21. The second kappa shape index (κ2) is 1.69. The van der Waals surface area contributed by atoms with E-state index in [9.17, 15) is 0 Å². The molecule has 2 heteroatoms. The Bertz CT molecular complexity index is 286. The minimum atomic E-state index is 0.155. The van der Waals surface area contributed by atoms with Crippen molar-refractivity contribution in [1.82, 2.24) is 4.57 Å². The topological polar surface area (TPSA) is 17.5 Å². The van der Waals surface area contributed by atoms with Gasteiger partial charge >= 0.3 is 0 Å². The molecular formula is C9H11NO. The lowest BCUT2D eigenvalue weighted by Crippen LogP contribution is -2.21. The first kappa shape index (κ1) is 5.84. The van der Waals surface area contributed by atoms with E-state index in [4.69, 9.17) is 4.74 Å². The fourth-order valence-electron chi connectivity index (χ4n) is 2.07. The number of aromatic nitrogens is 1. The molecule has 11 heavy (non-hydrogen) atoms. The number of ether oxygens (including phenoxy) is 1. The number of hydrogen-bond donors (Lipinski definition) is 0. The summed E-state index contributed by atoms with van der Waals surface area (Å²) in [4.78, 5) is 0. The first-order chi connectivity index (χ1) is 5.41. The van der Waals surface area contributed by atoms with E-state index in [2.05, 4.69) is 22.9 Å². The van der Waals surface area contributed by atoms with Gasteiger partial charge in [-0.3, -0.25) is 0 Å². The highest BCUT2D eigenvalue weighted by molar-refractivity contribution is 5.22. The van der Waals surface area contributed by atoms with Gasteiger partial charge in [-0.25, -0.2) is 0 Å². The number of rotatable bonds is 0. The zero-order chi connectivity index (χ0) is 7.31. The van der Waals surface area contributed by atoms with E-state index >= 15 is 0 Å². The predicted octanol–water partition coefficient (Wildman–Crippen LogP) is 1.51. The molecule has 1 aromatic rings. The molecule has 2 nitrogen and oxygen atoms in total. The molecule has 0 saturated carbocycles. The molecule has 1 atom stereocenters. The van der Waals surface area contributed by atoms with Gasteiger partial charge < -0.3 is 9.30 Å². The Hall–Kier alpha value is -0.760. The summed E-state index contributed by atoms with van der Waals surface area (Å²) in [6, 6.07) is 4.30. The maximum Gasteiger partial charge on any atom is 0.131 e. The second-order valence-electron chi connectivity index (χ2n) is 3.47. The second-order valence-corrected chi connectivity index (χ2v) is 3.47. The zero-order valence-corrected chi connectivity index (χ0v) is 6.42. The minimum absolute atomic E-state index is 0.155. The van der Waals surface area contributed by atoms with Crippen molar-refractivity contribution in [1.29, 1.82) is 0 Å². The number of nitrogens with zero attached hydrogens (tertiary/aromatic N) is 1. The predicted molar refractivity (Wildman–Crippen MR) is 41.3 cm³/mol.